The highest BCUT2D eigenvalue weighted by molar-refractivity contribution is 5.94. The third-order valence-electron chi connectivity index (χ3n) is 5.78. The van der Waals surface area contributed by atoms with E-state index >= 15 is 0 Å². The molecule has 8 nitrogen and oxygen atoms in total. The first-order valence-electron chi connectivity index (χ1n) is 11.6. The molecule has 4 aromatic rings. The van der Waals surface area contributed by atoms with Crippen molar-refractivity contribution in [2.24, 2.45) is 5.73 Å². The van der Waals surface area contributed by atoms with Gasteiger partial charge in [0.25, 0.3) is 5.56 Å². The van der Waals surface area contributed by atoms with Crippen molar-refractivity contribution in [3.05, 3.63) is 118 Å². The van der Waals surface area contributed by atoms with E-state index in [0.717, 1.165) is 17.5 Å². The Morgan fingerprint density at radius 1 is 0.872 bits per heavy atom. The maximum absolute atomic E-state index is 13.4. The van der Waals surface area contributed by atoms with Gasteiger partial charge >= 0.3 is 0 Å². The van der Waals surface area contributed by atoms with Crippen LogP contribution in [0.15, 0.2) is 96.1 Å². The number of hydrogen-bond acceptors (Lipinski definition) is 5. The Morgan fingerprint density at radius 2 is 1.54 bits per heavy atom. The average molecular weight is 590 g/mol. The Kier molecular flexibility index (Phi) is 13.8. The molecule has 11 heteroatoms. The quantitative estimate of drug-likeness (QED) is 0.161. The number of amides is 1. The Bertz CT molecular complexity index is 1400. The predicted molar refractivity (Wildman–Crippen MR) is 164 cm³/mol. The molecule has 1 amide bonds. The van der Waals surface area contributed by atoms with E-state index in [1.807, 2.05) is 60.7 Å². The minimum Gasteiger partial charge on any atom is -0.384 e. The van der Waals surface area contributed by atoms with E-state index in [1.165, 1.54) is 10.1 Å². The molecule has 0 aliphatic rings. The van der Waals surface area contributed by atoms with Gasteiger partial charge in [0.05, 0.1) is 5.69 Å². The molecule has 0 aliphatic carbocycles. The van der Waals surface area contributed by atoms with Crippen molar-refractivity contribution in [1.29, 1.82) is 5.41 Å². The molecule has 2 aromatic carbocycles. The van der Waals surface area contributed by atoms with Gasteiger partial charge in [0, 0.05) is 36.6 Å². The molecule has 0 bridgehead atoms. The van der Waals surface area contributed by atoms with Crippen molar-refractivity contribution >= 4 is 54.7 Å². The predicted octanol–water partition coefficient (Wildman–Crippen LogP) is 4.43. The summed E-state index contributed by atoms with van der Waals surface area (Å²) in [5.74, 6) is -0.296. The van der Waals surface area contributed by atoms with Gasteiger partial charge in [-0.25, -0.2) is 0 Å². The van der Waals surface area contributed by atoms with Crippen molar-refractivity contribution in [2.45, 2.75) is 19.5 Å². The second-order valence-corrected chi connectivity index (χ2v) is 8.31. The molecular formula is C28H31Cl3N6O2. The molecule has 39 heavy (non-hydrogen) atoms. The van der Waals surface area contributed by atoms with Crippen molar-refractivity contribution < 1.29 is 4.79 Å². The third-order valence-corrected chi connectivity index (χ3v) is 5.78. The van der Waals surface area contributed by atoms with E-state index in [4.69, 9.17) is 11.1 Å². The molecule has 0 unspecified atom stereocenters. The maximum atomic E-state index is 13.4. The van der Waals surface area contributed by atoms with E-state index in [9.17, 15) is 9.59 Å². The van der Waals surface area contributed by atoms with Crippen LogP contribution in [0.4, 0.5) is 5.69 Å². The van der Waals surface area contributed by atoms with Gasteiger partial charge < -0.3 is 16.4 Å². The summed E-state index contributed by atoms with van der Waals surface area (Å²) in [5, 5.41) is 13.6. The zero-order valence-electron chi connectivity index (χ0n) is 21.0. The van der Waals surface area contributed by atoms with Crippen LogP contribution in [-0.4, -0.2) is 27.8 Å². The van der Waals surface area contributed by atoms with Gasteiger partial charge in [-0.15, -0.1) is 37.2 Å². The van der Waals surface area contributed by atoms with Crippen molar-refractivity contribution in [1.82, 2.24) is 14.9 Å². The zero-order chi connectivity index (χ0) is 25.3. The number of nitrogens with zero attached hydrogens (tertiary/aromatic N) is 2. The fourth-order valence-corrected chi connectivity index (χ4v) is 3.83. The SMILES string of the molecule is Cl.Cl.Cl.N=C(N)c1ccc(CNC(=O)Cn2c(-c3ccncc3)ccc(NCCc3ccccc3)c2=O)cc1. The first-order valence-corrected chi connectivity index (χ1v) is 11.6. The Hall–Kier alpha value is -3.85. The summed E-state index contributed by atoms with van der Waals surface area (Å²) < 4.78 is 1.48. The molecular weight excluding hydrogens is 559 g/mol. The molecule has 4 rings (SSSR count). The average Bonchev–Trinajstić information content (AvgIpc) is 2.91. The molecule has 0 aliphatic heterocycles. The monoisotopic (exact) mass is 588 g/mol. The first kappa shape index (κ1) is 33.2. The van der Waals surface area contributed by atoms with Crippen LogP contribution in [0.2, 0.25) is 0 Å². The minimum absolute atomic E-state index is 0. The van der Waals surface area contributed by atoms with E-state index < -0.39 is 0 Å². The minimum atomic E-state index is -0.288. The van der Waals surface area contributed by atoms with Crippen molar-refractivity contribution in [3.8, 4) is 11.3 Å². The number of nitrogens with two attached hydrogens (primary N) is 1. The van der Waals surface area contributed by atoms with E-state index in [1.54, 1.807) is 30.6 Å². The van der Waals surface area contributed by atoms with Gasteiger partial charge in [-0.1, -0.05) is 54.6 Å². The number of benzene rings is 2. The standard InChI is InChI=1S/C28H28N6O2.3ClH/c29-27(30)23-8-6-21(7-9-23)18-33-26(35)19-34-25(22-13-15-31-16-14-22)11-10-24(28(34)36)32-17-12-20-4-2-1-3-5-20;;;/h1-11,13-16,32H,12,17-19H2,(H3,29,30)(H,33,35);3*1H. The van der Waals surface area contributed by atoms with Crippen LogP contribution in [0.5, 0.6) is 0 Å². The van der Waals surface area contributed by atoms with Crippen LogP contribution in [0, 0.1) is 5.41 Å². The summed E-state index contributed by atoms with van der Waals surface area (Å²) in [7, 11) is 0. The van der Waals surface area contributed by atoms with Crippen LogP contribution in [-0.2, 0) is 24.3 Å². The number of halogens is 3. The van der Waals surface area contributed by atoms with E-state index in [0.29, 0.717) is 30.0 Å². The third kappa shape index (κ3) is 9.14. The molecule has 206 valence electrons. The topological polar surface area (TPSA) is 126 Å². The molecule has 0 atom stereocenters. The number of pyridine rings is 2. The van der Waals surface area contributed by atoms with Crippen molar-refractivity contribution in [3.63, 3.8) is 0 Å². The number of aromatic nitrogens is 2. The fraction of sp³-hybridized carbons (Fsp3) is 0.143. The lowest BCUT2D eigenvalue weighted by atomic mass is 10.1. The number of rotatable bonds is 10. The highest BCUT2D eigenvalue weighted by atomic mass is 35.5. The van der Waals surface area contributed by atoms with Crippen LogP contribution in [0.3, 0.4) is 0 Å². The van der Waals surface area contributed by atoms with Crippen LogP contribution in [0.25, 0.3) is 11.3 Å². The normalized spacial score (nSPS) is 9.74. The molecule has 0 spiro atoms. The van der Waals surface area contributed by atoms with Crippen LogP contribution in [0.1, 0.15) is 16.7 Å². The Labute approximate surface area is 245 Å². The summed E-state index contributed by atoms with van der Waals surface area (Å²) in [6.07, 6.45) is 4.08. The number of hydrogen-bond donors (Lipinski definition) is 4. The molecule has 2 aromatic heterocycles. The largest absolute Gasteiger partial charge is 0.384 e. The fourth-order valence-electron chi connectivity index (χ4n) is 3.83. The summed E-state index contributed by atoms with van der Waals surface area (Å²) in [4.78, 5) is 30.3. The van der Waals surface area contributed by atoms with Crippen LogP contribution >= 0.6 is 37.2 Å². The molecule has 0 saturated heterocycles. The number of amidine groups is 1. The first-order chi connectivity index (χ1) is 17.5. The van der Waals surface area contributed by atoms with Crippen molar-refractivity contribution in [2.75, 3.05) is 11.9 Å². The number of anilines is 1. The summed E-state index contributed by atoms with van der Waals surface area (Å²) in [5.41, 5.74) is 9.76. The summed E-state index contributed by atoms with van der Waals surface area (Å²) >= 11 is 0. The summed E-state index contributed by atoms with van der Waals surface area (Å²) in [6.45, 7) is 0.762. The molecule has 0 saturated carbocycles. The lowest BCUT2D eigenvalue weighted by Crippen LogP contribution is -2.34. The second-order valence-electron chi connectivity index (χ2n) is 8.31. The van der Waals surface area contributed by atoms with Gasteiger partial charge in [-0.3, -0.25) is 24.5 Å². The van der Waals surface area contributed by atoms with Gasteiger partial charge in [0.1, 0.15) is 18.1 Å². The number of nitrogens with one attached hydrogen (secondary N) is 3. The lowest BCUT2D eigenvalue weighted by molar-refractivity contribution is -0.121. The molecule has 2 heterocycles. The Balaban J connectivity index is 0.00000253. The smallest absolute Gasteiger partial charge is 0.274 e. The lowest BCUT2D eigenvalue weighted by Gasteiger charge is -2.16. The number of carbonyl (C=O) groups excluding carboxylic acids is 1. The van der Waals surface area contributed by atoms with Crippen LogP contribution < -0.4 is 21.9 Å². The molecule has 5 N–H and O–H groups in total. The Morgan fingerprint density at radius 3 is 2.18 bits per heavy atom. The highest BCUT2D eigenvalue weighted by Crippen LogP contribution is 2.18. The van der Waals surface area contributed by atoms with Gasteiger partial charge in [0.15, 0.2) is 0 Å². The van der Waals surface area contributed by atoms with Gasteiger partial charge in [0.2, 0.25) is 5.91 Å². The summed E-state index contributed by atoms with van der Waals surface area (Å²) in [6, 6.07) is 24.3. The second kappa shape index (κ2) is 16.2. The van der Waals surface area contributed by atoms with Gasteiger partial charge in [-0.05, 0) is 41.8 Å². The zero-order valence-corrected chi connectivity index (χ0v) is 23.5. The highest BCUT2D eigenvalue weighted by Gasteiger charge is 2.14. The molecule has 0 radical (unpaired) electrons. The number of carbonyl (C=O) groups is 1. The van der Waals surface area contributed by atoms with E-state index in [-0.39, 0.29) is 61.1 Å². The maximum Gasteiger partial charge on any atom is 0.274 e. The van der Waals surface area contributed by atoms with E-state index in [2.05, 4.69) is 15.6 Å². The number of nitrogen functional groups attached to an aromatic ring is 1. The van der Waals surface area contributed by atoms with Gasteiger partial charge in [-0.2, -0.15) is 0 Å². The molecule has 0 fully saturated rings.